The van der Waals surface area contributed by atoms with Crippen LogP contribution in [0.15, 0.2) is 78.1 Å². The Kier molecular flexibility index (Phi) is 8.84. The molecular weight excluding hydrogens is 570 g/mol. The van der Waals surface area contributed by atoms with Crippen LogP contribution in [0.25, 0.3) is 22.0 Å². The minimum Gasteiger partial charge on any atom is -0.493 e. The van der Waals surface area contributed by atoms with Crippen molar-refractivity contribution in [2.75, 3.05) is 19.5 Å². The zero-order chi connectivity index (χ0) is 31.4. The molecule has 1 amide bonds. The maximum atomic E-state index is 14.7. The predicted octanol–water partition coefficient (Wildman–Crippen LogP) is 6.84. The number of nitrogens with one attached hydrogen (secondary N) is 1. The van der Waals surface area contributed by atoms with Gasteiger partial charge in [0.05, 0.1) is 25.9 Å². The van der Waals surface area contributed by atoms with Crippen molar-refractivity contribution in [2.45, 2.75) is 26.8 Å². The highest BCUT2D eigenvalue weighted by Crippen LogP contribution is 2.36. The van der Waals surface area contributed by atoms with Gasteiger partial charge in [0.15, 0.2) is 11.5 Å². The molecule has 5 rings (SSSR count). The van der Waals surface area contributed by atoms with Gasteiger partial charge in [-0.1, -0.05) is 13.8 Å². The van der Waals surface area contributed by atoms with E-state index in [-0.39, 0.29) is 22.5 Å². The van der Waals surface area contributed by atoms with E-state index in [1.807, 2.05) is 13.8 Å². The number of rotatable bonds is 10. The lowest BCUT2D eigenvalue weighted by Gasteiger charge is -2.14. The number of nitrogens with zero attached hydrogens (tertiary/aromatic N) is 3. The van der Waals surface area contributed by atoms with Gasteiger partial charge in [-0.2, -0.15) is 0 Å². The summed E-state index contributed by atoms with van der Waals surface area (Å²) in [6.07, 6.45) is 6.70. The molecule has 0 unspecified atom stereocenters. The van der Waals surface area contributed by atoms with Crippen molar-refractivity contribution >= 4 is 22.6 Å². The molecule has 0 aliphatic carbocycles. The van der Waals surface area contributed by atoms with Gasteiger partial charge in [0.25, 0.3) is 5.91 Å². The first-order valence-corrected chi connectivity index (χ1v) is 13.8. The van der Waals surface area contributed by atoms with Gasteiger partial charge in [-0.25, -0.2) is 13.8 Å². The second-order valence-electron chi connectivity index (χ2n) is 10.4. The minimum absolute atomic E-state index is 0.0468. The van der Waals surface area contributed by atoms with Crippen molar-refractivity contribution in [2.24, 2.45) is 5.92 Å². The van der Waals surface area contributed by atoms with E-state index in [0.717, 1.165) is 12.5 Å². The Morgan fingerprint density at radius 1 is 0.932 bits per heavy atom. The first kappa shape index (κ1) is 30.1. The van der Waals surface area contributed by atoms with Gasteiger partial charge in [0.1, 0.15) is 34.5 Å². The summed E-state index contributed by atoms with van der Waals surface area (Å²) in [6.45, 7) is 4.57. The molecule has 5 aromatic rings. The van der Waals surface area contributed by atoms with Gasteiger partial charge < -0.3 is 24.1 Å². The number of aromatic nitrogens is 3. The lowest BCUT2D eigenvalue weighted by Crippen LogP contribution is -2.25. The Labute approximate surface area is 252 Å². The molecule has 0 saturated carbocycles. The molecule has 3 heterocycles. The summed E-state index contributed by atoms with van der Waals surface area (Å²) in [5.41, 5.74) is -0.396. The molecule has 226 valence electrons. The van der Waals surface area contributed by atoms with Gasteiger partial charge in [0, 0.05) is 53.8 Å². The molecule has 9 nitrogen and oxygen atoms in total. The number of anilines is 1. The molecule has 11 heteroatoms. The molecule has 3 aromatic heterocycles. The zero-order valence-corrected chi connectivity index (χ0v) is 24.6. The molecule has 0 aliphatic rings. The summed E-state index contributed by atoms with van der Waals surface area (Å²) in [4.78, 5) is 35.3. The molecule has 0 fully saturated rings. The third kappa shape index (κ3) is 6.51. The Morgan fingerprint density at radius 3 is 2.39 bits per heavy atom. The third-order valence-electron chi connectivity index (χ3n) is 6.92. The molecule has 0 bridgehead atoms. The smallest absolute Gasteiger partial charge is 0.262 e. The Balaban J connectivity index is 1.40. The lowest BCUT2D eigenvalue weighted by atomic mass is 10.0. The van der Waals surface area contributed by atoms with E-state index < -0.39 is 23.0 Å². The summed E-state index contributed by atoms with van der Waals surface area (Å²) in [5, 5.41) is 3.32. The Hall–Kier alpha value is -5.32. The summed E-state index contributed by atoms with van der Waals surface area (Å²) in [7, 11) is 3.08. The fourth-order valence-electron chi connectivity index (χ4n) is 4.59. The van der Waals surface area contributed by atoms with E-state index >= 15 is 0 Å². The van der Waals surface area contributed by atoms with Gasteiger partial charge in [-0.05, 0) is 48.7 Å². The van der Waals surface area contributed by atoms with Crippen molar-refractivity contribution in [3.63, 3.8) is 0 Å². The van der Waals surface area contributed by atoms with Crippen LogP contribution in [0, 0.1) is 17.6 Å². The number of aryl methyl sites for hydroxylation is 1. The largest absolute Gasteiger partial charge is 0.493 e. The third-order valence-corrected chi connectivity index (χ3v) is 6.92. The highest BCUT2D eigenvalue weighted by atomic mass is 19.1. The highest BCUT2D eigenvalue weighted by Gasteiger charge is 2.19. The molecular formula is C33H30F2N4O5. The quantitative estimate of drug-likeness (QED) is 0.187. The summed E-state index contributed by atoms with van der Waals surface area (Å²) >= 11 is 0. The van der Waals surface area contributed by atoms with Crippen LogP contribution in [0.2, 0.25) is 0 Å². The van der Waals surface area contributed by atoms with Crippen LogP contribution in [0.5, 0.6) is 23.0 Å². The average Bonchev–Trinajstić information content (AvgIpc) is 3.01. The van der Waals surface area contributed by atoms with E-state index in [9.17, 15) is 18.4 Å². The van der Waals surface area contributed by atoms with Crippen LogP contribution in [-0.2, 0) is 6.54 Å². The molecule has 2 aromatic carbocycles. The molecule has 0 aliphatic heterocycles. The number of halogens is 2. The van der Waals surface area contributed by atoms with E-state index in [1.165, 1.54) is 37.8 Å². The summed E-state index contributed by atoms with van der Waals surface area (Å²) in [5.74, 6) is 0.0617. The number of ether oxygens (including phenoxy) is 3. The monoisotopic (exact) mass is 600 g/mol. The van der Waals surface area contributed by atoms with E-state index in [0.29, 0.717) is 52.4 Å². The number of methoxy groups -OCH3 is 2. The lowest BCUT2D eigenvalue weighted by molar-refractivity contribution is 0.102. The molecule has 0 saturated heterocycles. The van der Waals surface area contributed by atoms with E-state index in [2.05, 4.69) is 15.3 Å². The Bertz CT molecular complexity index is 1890. The van der Waals surface area contributed by atoms with Gasteiger partial charge in [0.2, 0.25) is 5.43 Å². The molecule has 0 spiro atoms. The Morgan fingerprint density at radius 2 is 1.70 bits per heavy atom. The number of benzene rings is 2. The number of carbonyl (C=O) groups excluding carboxylic acids is 1. The fourth-order valence-corrected chi connectivity index (χ4v) is 4.59. The fraction of sp³-hybridized carbons (Fsp3) is 0.212. The standard InChI is InChI=1S/C33H30F2N4O5/c1-19(2)10-12-39-17-24(22-7-5-20(34)13-26(22)35)32(40)25(18-39)33(41)38-31-8-6-21(16-37-31)44-28-9-11-36-27-15-30(43-4)29(42-3)14-23(27)28/h5-9,11,13-19H,10,12H2,1-4H3,(H,37,38,41). The molecule has 0 radical (unpaired) electrons. The van der Waals surface area contributed by atoms with Crippen molar-refractivity contribution in [1.82, 2.24) is 14.5 Å². The molecule has 44 heavy (non-hydrogen) atoms. The molecule has 0 atom stereocenters. The van der Waals surface area contributed by atoms with Crippen LogP contribution in [-0.4, -0.2) is 34.7 Å². The number of hydrogen-bond acceptors (Lipinski definition) is 7. The van der Waals surface area contributed by atoms with Crippen LogP contribution in [0.4, 0.5) is 14.6 Å². The topological polar surface area (TPSA) is 105 Å². The maximum absolute atomic E-state index is 14.7. The van der Waals surface area contributed by atoms with E-state index in [1.54, 1.807) is 42.1 Å². The van der Waals surface area contributed by atoms with Crippen LogP contribution >= 0.6 is 0 Å². The van der Waals surface area contributed by atoms with Gasteiger partial charge in [-0.3, -0.25) is 14.6 Å². The van der Waals surface area contributed by atoms with Gasteiger partial charge >= 0.3 is 0 Å². The maximum Gasteiger partial charge on any atom is 0.262 e. The predicted molar refractivity (Wildman–Crippen MR) is 163 cm³/mol. The van der Waals surface area contributed by atoms with Crippen molar-refractivity contribution < 1.29 is 27.8 Å². The van der Waals surface area contributed by atoms with Crippen LogP contribution in [0.3, 0.4) is 0 Å². The van der Waals surface area contributed by atoms with Crippen LogP contribution in [0.1, 0.15) is 30.6 Å². The first-order valence-electron chi connectivity index (χ1n) is 13.8. The molecule has 1 N–H and O–H groups in total. The first-order chi connectivity index (χ1) is 21.2. The van der Waals surface area contributed by atoms with Gasteiger partial charge in [-0.15, -0.1) is 0 Å². The van der Waals surface area contributed by atoms with E-state index in [4.69, 9.17) is 14.2 Å². The second kappa shape index (κ2) is 12.9. The summed E-state index contributed by atoms with van der Waals surface area (Å²) in [6, 6.07) is 11.3. The van der Waals surface area contributed by atoms with Crippen molar-refractivity contribution in [3.05, 3.63) is 101 Å². The number of pyridine rings is 3. The minimum atomic E-state index is -0.896. The number of fused-ring (bicyclic) bond motifs is 1. The average molecular weight is 601 g/mol. The number of hydrogen-bond donors (Lipinski definition) is 1. The second-order valence-corrected chi connectivity index (χ2v) is 10.4. The normalized spacial score (nSPS) is 11.1. The van der Waals surface area contributed by atoms with Crippen LogP contribution < -0.4 is 25.0 Å². The zero-order valence-electron chi connectivity index (χ0n) is 24.6. The number of carbonyl (C=O) groups is 1. The number of amides is 1. The SMILES string of the molecule is COc1cc2nccc(Oc3ccc(NC(=O)c4cn(CCC(C)C)cc(-c5ccc(F)cc5F)c4=O)nc3)c2cc1OC. The van der Waals surface area contributed by atoms with Crippen molar-refractivity contribution in [1.29, 1.82) is 0 Å². The van der Waals surface area contributed by atoms with Crippen molar-refractivity contribution in [3.8, 4) is 34.1 Å². The highest BCUT2D eigenvalue weighted by molar-refractivity contribution is 6.04. The summed E-state index contributed by atoms with van der Waals surface area (Å²) < 4.78 is 46.7.